The number of carboxylic acid groups (broad SMARTS) is 1. The fourth-order valence-corrected chi connectivity index (χ4v) is 3.44. The first-order valence-corrected chi connectivity index (χ1v) is 10.1. The van der Waals surface area contributed by atoms with Crippen molar-refractivity contribution in [1.82, 2.24) is 20.4 Å². The van der Waals surface area contributed by atoms with E-state index in [4.69, 9.17) is 5.26 Å². The number of hydrogen-bond donors (Lipinski definition) is 3. The Kier molecular flexibility index (Phi) is 7.35. The van der Waals surface area contributed by atoms with Gasteiger partial charge in [-0.1, -0.05) is 19.4 Å². The van der Waals surface area contributed by atoms with Crippen LogP contribution in [0.25, 0.3) is 0 Å². The van der Waals surface area contributed by atoms with Crippen molar-refractivity contribution in [1.29, 1.82) is 5.26 Å². The molecule has 0 spiro atoms. The zero-order valence-electron chi connectivity index (χ0n) is 17.3. The largest absolute Gasteiger partial charge is 0.464 e. The van der Waals surface area contributed by atoms with Gasteiger partial charge in [-0.2, -0.15) is 10.2 Å². The van der Waals surface area contributed by atoms with Gasteiger partial charge in [-0.15, -0.1) is 0 Å². The molecule has 0 saturated carbocycles. The SMILES string of the molecule is CCCc1cc(N2CCC(NN(CC=O)C(=O)O)C2)nc(Nc2cccc(C#N)c2)n1. The van der Waals surface area contributed by atoms with Gasteiger partial charge in [0.15, 0.2) is 0 Å². The molecule has 3 rings (SSSR count). The number of carbonyl (C=O) groups excluding carboxylic acids is 1. The number of benzene rings is 1. The van der Waals surface area contributed by atoms with E-state index >= 15 is 0 Å². The maximum absolute atomic E-state index is 11.3. The molecule has 1 saturated heterocycles. The molecule has 2 aromatic rings. The Labute approximate surface area is 180 Å². The summed E-state index contributed by atoms with van der Waals surface area (Å²) in [6.45, 7) is 3.09. The van der Waals surface area contributed by atoms with Crippen LogP contribution in [0, 0.1) is 11.3 Å². The van der Waals surface area contributed by atoms with Crippen LogP contribution in [0.2, 0.25) is 0 Å². The first-order chi connectivity index (χ1) is 15.0. The minimum absolute atomic E-state index is 0.121. The van der Waals surface area contributed by atoms with E-state index < -0.39 is 6.09 Å². The van der Waals surface area contributed by atoms with E-state index in [2.05, 4.69) is 38.6 Å². The highest BCUT2D eigenvalue weighted by atomic mass is 16.4. The number of nitrogens with one attached hydrogen (secondary N) is 2. The number of aldehydes is 1. The second kappa shape index (κ2) is 10.4. The number of rotatable bonds is 9. The molecule has 1 atom stereocenters. The van der Waals surface area contributed by atoms with Crippen molar-refractivity contribution in [3.8, 4) is 6.07 Å². The maximum Gasteiger partial charge on any atom is 0.422 e. The van der Waals surface area contributed by atoms with Gasteiger partial charge < -0.3 is 20.1 Å². The Morgan fingerprint density at radius 2 is 2.26 bits per heavy atom. The lowest BCUT2D eigenvalue weighted by Gasteiger charge is -2.23. The first-order valence-electron chi connectivity index (χ1n) is 10.1. The molecule has 0 bridgehead atoms. The van der Waals surface area contributed by atoms with E-state index in [0.717, 1.165) is 35.0 Å². The number of nitriles is 1. The van der Waals surface area contributed by atoms with Gasteiger partial charge in [0, 0.05) is 36.6 Å². The summed E-state index contributed by atoms with van der Waals surface area (Å²) in [5, 5.41) is 22.4. The average molecular weight is 423 g/mol. The van der Waals surface area contributed by atoms with Crippen LogP contribution in [0.3, 0.4) is 0 Å². The molecule has 3 N–H and O–H groups in total. The highest BCUT2D eigenvalue weighted by Gasteiger charge is 2.27. The summed E-state index contributed by atoms with van der Waals surface area (Å²) in [7, 11) is 0. The molecule has 10 nitrogen and oxygen atoms in total. The van der Waals surface area contributed by atoms with Crippen LogP contribution in [0.4, 0.5) is 22.2 Å². The molecule has 10 heteroatoms. The fraction of sp³-hybridized carbons (Fsp3) is 0.381. The molecule has 31 heavy (non-hydrogen) atoms. The van der Waals surface area contributed by atoms with Crippen LogP contribution in [-0.4, -0.2) is 58.1 Å². The average Bonchev–Trinajstić information content (AvgIpc) is 3.22. The minimum atomic E-state index is -1.19. The predicted octanol–water partition coefficient (Wildman–Crippen LogP) is 2.31. The lowest BCUT2D eigenvalue weighted by molar-refractivity contribution is -0.109. The van der Waals surface area contributed by atoms with E-state index in [0.29, 0.717) is 37.3 Å². The van der Waals surface area contributed by atoms with Gasteiger partial charge in [0.05, 0.1) is 18.2 Å². The van der Waals surface area contributed by atoms with E-state index in [1.54, 1.807) is 18.2 Å². The topological polar surface area (TPSA) is 134 Å². The zero-order chi connectivity index (χ0) is 22.2. The number of amides is 1. The number of carbonyl (C=O) groups is 2. The molecule has 1 amide bonds. The minimum Gasteiger partial charge on any atom is -0.464 e. The van der Waals surface area contributed by atoms with Crippen LogP contribution in [0.1, 0.15) is 31.0 Å². The van der Waals surface area contributed by atoms with Gasteiger partial charge in [0.25, 0.3) is 0 Å². The van der Waals surface area contributed by atoms with Crippen molar-refractivity contribution in [3.63, 3.8) is 0 Å². The summed E-state index contributed by atoms with van der Waals surface area (Å²) in [5.74, 6) is 1.19. The van der Waals surface area contributed by atoms with Gasteiger partial charge >= 0.3 is 6.09 Å². The molecule has 1 aromatic heterocycles. The third-order valence-electron chi connectivity index (χ3n) is 4.86. The van der Waals surface area contributed by atoms with Crippen molar-refractivity contribution in [3.05, 3.63) is 41.6 Å². The smallest absolute Gasteiger partial charge is 0.422 e. The Bertz CT molecular complexity index is 976. The van der Waals surface area contributed by atoms with E-state index in [1.165, 1.54) is 0 Å². The summed E-state index contributed by atoms with van der Waals surface area (Å²) in [4.78, 5) is 33.3. The van der Waals surface area contributed by atoms with Crippen LogP contribution in [0.15, 0.2) is 30.3 Å². The maximum atomic E-state index is 11.3. The molecular formula is C21H25N7O3. The third kappa shape index (κ3) is 5.90. The number of aryl methyl sites for hydroxylation is 1. The number of anilines is 3. The molecule has 1 aliphatic heterocycles. The third-order valence-corrected chi connectivity index (χ3v) is 4.86. The monoisotopic (exact) mass is 423 g/mol. The van der Waals surface area contributed by atoms with E-state index in [-0.39, 0.29) is 12.6 Å². The Morgan fingerprint density at radius 1 is 1.42 bits per heavy atom. The molecule has 1 unspecified atom stereocenters. The molecule has 162 valence electrons. The van der Waals surface area contributed by atoms with Gasteiger partial charge in [0.2, 0.25) is 5.95 Å². The van der Waals surface area contributed by atoms with Crippen molar-refractivity contribution < 1.29 is 14.7 Å². The molecule has 1 aromatic carbocycles. The normalized spacial score (nSPS) is 15.4. The molecular weight excluding hydrogens is 398 g/mol. The number of nitrogens with zero attached hydrogens (tertiary/aromatic N) is 5. The molecule has 2 heterocycles. The quantitative estimate of drug-likeness (QED) is 0.410. The van der Waals surface area contributed by atoms with Gasteiger partial charge in [-0.05, 0) is 31.0 Å². The second-order valence-electron chi connectivity index (χ2n) is 7.23. The van der Waals surface area contributed by atoms with Crippen LogP contribution >= 0.6 is 0 Å². The predicted molar refractivity (Wildman–Crippen MR) is 115 cm³/mol. The van der Waals surface area contributed by atoms with Crippen LogP contribution < -0.4 is 15.6 Å². The van der Waals surface area contributed by atoms with Gasteiger partial charge in [-0.25, -0.2) is 20.2 Å². The van der Waals surface area contributed by atoms with Crippen LogP contribution in [0.5, 0.6) is 0 Å². The van der Waals surface area contributed by atoms with Crippen LogP contribution in [-0.2, 0) is 11.2 Å². The van der Waals surface area contributed by atoms with Gasteiger partial charge in [0.1, 0.15) is 12.1 Å². The van der Waals surface area contributed by atoms with E-state index in [1.807, 2.05) is 12.1 Å². The standard InChI is InChI=1S/C21H25N7O3/c1-2-4-16-12-19(25-20(23-16)24-17-6-3-5-15(11-17)13-22)27-8-7-18(14-27)26-28(9-10-29)21(30)31/h3,5-6,10-12,18,26H,2,4,7-9,14H2,1H3,(H,30,31)(H,23,24,25). The number of hydrogen-bond acceptors (Lipinski definition) is 8. The van der Waals surface area contributed by atoms with Crippen molar-refractivity contribution >= 4 is 29.8 Å². The molecule has 0 aliphatic carbocycles. The molecule has 0 radical (unpaired) electrons. The summed E-state index contributed by atoms with van der Waals surface area (Å²) >= 11 is 0. The highest BCUT2D eigenvalue weighted by Crippen LogP contribution is 2.23. The summed E-state index contributed by atoms with van der Waals surface area (Å²) in [5.41, 5.74) is 5.06. The van der Waals surface area contributed by atoms with Crippen molar-refractivity contribution in [2.75, 3.05) is 29.9 Å². The Balaban J connectivity index is 1.76. The Morgan fingerprint density at radius 3 is 2.97 bits per heavy atom. The number of aromatic nitrogens is 2. The molecule has 1 aliphatic rings. The zero-order valence-corrected chi connectivity index (χ0v) is 17.3. The van der Waals surface area contributed by atoms with Gasteiger partial charge in [-0.3, -0.25) is 0 Å². The first kappa shape index (κ1) is 22.0. The van der Waals surface area contributed by atoms with E-state index in [9.17, 15) is 14.7 Å². The fourth-order valence-electron chi connectivity index (χ4n) is 3.44. The lowest BCUT2D eigenvalue weighted by Crippen LogP contribution is -2.49. The summed E-state index contributed by atoms with van der Waals surface area (Å²) in [6, 6.07) is 11.0. The highest BCUT2D eigenvalue weighted by molar-refractivity contribution is 5.68. The number of hydrazine groups is 1. The Hall–Kier alpha value is -3.71. The van der Waals surface area contributed by atoms with Crippen molar-refractivity contribution in [2.24, 2.45) is 0 Å². The summed E-state index contributed by atoms with van der Waals surface area (Å²) < 4.78 is 0. The lowest BCUT2D eigenvalue weighted by atomic mass is 10.2. The molecule has 1 fully saturated rings. The second-order valence-corrected chi connectivity index (χ2v) is 7.23. The summed E-state index contributed by atoms with van der Waals surface area (Å²) in [6.07, 6.45) is 1.80. The van der Waals surface area contributed by atoms with Crippen molar-refractivity contribution in [2.45, 2.75) is 32.2 Å².